The molecule has 1 rings (SSSR count). The van der Waals surface area contributed by atoms with E-state index in [9.17, 15) is 13.2 Å². The van der Waals surface area contributed by atoms with Gasteiger partial charge in [0.25, 0.3) is 0 Å². The van der Waals surface area contributed by atoms with E-state index in [4.69, 9.17) is 5.73 Å². The molecule has 1 aliphatic heterocycles. The molecule has 0 unspecified atom stereocenters. The summed E-state index contributed by atoms with van der Waals surface area (Å²) in [6, 6.07) is 0. The second-order valence-electron chi connectivity index (χ2n) is 4.85. The molecule has 1 heterocycles. The summed E-state index contributed by atoms with van der Waals surface area (Å²) >= 11 is 0. The average Bonchev–Trinajstić information content (AvgIpc) is 2.36. The van der Waals surface area contributed by atoms with E-state index in [1.165, 1.54) is 0 Å². The second-order valence-corrected chi connectivity index (χ2v) is 4.85. The Morgan fingerprint density at radius 1 is 0.947 bits per heavy atom. The molecule has 0 atom stereocenters. The first-order valence-electron chi connectivity index (χ1n) is 6.80. The topological polar surface area (TPSA) is 41.7 Å². The Morgan fingerprint density at radius 3 is 2.05 bits per heavy atom. The number of unbranched alkanes of at least 4 members (excludes halogenated alkanes) is 1. The summed E-state index contributed by atoms with van der Waals surface area (Å²) in [7, 11) is 0. The first-order chi connectivity index (χ1) is 9.01. The molecule has 0 aliphatic carbocycles. The normalized spacial score (nSPS) is 18.9. The van der Waals surface area contributed by atoms with Gasteiger partial charge in [0.15, 0.2) is 0 Å². The number of halogens is 3. The van der Waals surface area contributed by atoms with Crippen LogP contribution in [0.4, 0.5) is 13.2 Å². The molecule has 0 amide bonds. The van der Waals surface area contributed by atoms with Crippen LogP contribution in [0.2, 0.25) is 0 Å². The molecule has 4 nitrogen and oxygen atoms in total. The number of hydrogen-bond donors (Lipinski definition) is 1. The highest BCUT2D eigenvalue weighted by atomic mass is 19.4. The van der Waals surface area contributed by atoms with Crippen LogP contribution in [0.15, 0.2) is 0 Å². The highest BCUT2D eigenvalue weighted by molar-refractivity contribution is 4.71. The van der Waals surface area contributed by atoms with E-state index >= 15 is 0 Å². The van der Waals surface area contributed by atoms with Crippen molar-refractivity contribution >= 4 is 0 Å². The van der Waals surface area contributed by atoms with Gasteiger partial charge in [-0.15, -0.1) is 0 Å². The van der Waals surface area contributed by atoms with E-state index in [1.54, 1.807) is 0 Å². The van der Waals surface area contributed by atoms with Crippen LogP contribution in [0, 0.1) is 0 Å². The summed E-state index contributed by atoms with van der Waals surface area (Å²) < 4.78 is 40.2. The zero-order chi connectivity index (χ0) is 14.1. The lowest BCUT2D eigenvalue weighted by Gasteiger charge is -2.34. The maximum atomic E-state index is 11.9. The van der Waals surface area contributed by atoms with Gasteiger partial charge in [0.2, 0.25) is 0 Å². The molecule has 114 valence electrons. The number of nitrogens with zero attached hydrogens (tertiary/aromatic N) is 2. The maximum Gasteiger partial charge on any atom is 0.411 e. The summed E-state index contributed by atoms with van der Waals surface area (Å²) in [6.45, 7) is 5.13. The highest BCUT2D eigenvalue weighted by Crippen LogP contribution is 2.14. The first kappa shape index (κ1) is 16.7. The lowest BCUT2D eigenvalue weighted by molar-refractivity contribution is -0.174. The fraction of sp³-hybridized carbons (Fsp3) is 1.00. The Balaban J connectivity index is 2.00. The van der Waals surface area contributed by atoms with E-state index in [1.807, 2.05) is 0 Å². The van der Waals surface area contributed by atoms with E-state index in [0.29, 0.717) is 6.54 Å². The molecule has 0 radical (unpaired) electrons. The number of piperazine rings is 1. The lowest BCUT2D eigenvalue weighted by atomic mass is 10.2. The van der Waals surface area contributed by atoms with Gasteiger partial charge in [0.05, 0.1) is 6.61 Å². The Morgan fingerprint density at radius 2 is 1.53 bits per heavy atom. The van der Waals surface area contributed by atoms with Crippen molar-refractivity contribution in [3.63, 3.8) is 0 Å². The molecule has 0 bridgehead atoms. The van der Waals surface area contributed by atoms with Crippen LogP contribution >= 0.6 is 0 Å². The van der Waals surface area contributed by atoms with E-state index in [2.05, 4.69) is 14.5 Å². The third-order valence-electron chi connectivity index (χ3n) is 3.21. The molecule has 0 aromatic carbocycles. The van der Waals surface area contributed by atoms with Crippen molar-refractivity contribution in [2.75, 3.05) is 59.0 Å². The van der Waals surface area contributed by atoms with Gasteiger partial charge in [-0.1, -0.05) is 0 Å². The van der Waals surface area contributed by atoms with E-state index < -0.39 is 12.8 Å². The van der Waals surface area contributed by atoms with Gasteiger partial charge >= 0.3 is 6.18 Å². The van der Waals surface area contributed by atoms with E-state index in [0.717, 1.165) is 52.1 Å². The van der Waals surface area contributed by atoms with Gasteiger partial charge in [-0.2, -0.15) is 13.2 Å². The van der Waals surface area contributed by atoms with Crippen molar-refractivity contribution < 1.29 is 17.9 Å². The summed E-state index contributed by atoms with van der Waals surface area (Å²) in [5, 5.41) is 0. The SMILES string of the molecule is NCCCCN1CCN(CCOCC(F)(F)F)CC1. The van der Waals surface area contributed by atoms with Crippen molar-refractivity contribution in [3.8, 4) is 0 Å². The van der Waals surface area contributed by atoms with Crippen molar-refractivity contribution in [2.24, 2.45) is 5.73 Å². The Labute approximate surface area is 112 Å². The predicted octanol–water partition coefficient (Wildman–Crippen LogP) is 0.922. The van der Waals surface area contributed by atoms with Crippen molar-refractivity contribution in [2.45, 2.75) is 19.0 Å². The molecular weight excluding hydrogens is 259 g/mol. The molecule has 19 heavy (non-hydrogen) atoms. The van der Waals surface area contributed by atoms with Crippen LogP contribution < -0.4 is 5.73 Å². The minimum Gasteiger partial charge on any atom is -0.371 e. The minimum atomic E-state index is -4.22. The largest absolute Gasteiger partial charge is 0.411 e. The second kappa shape index (κ2) is 8.73. The minimum absolute atomic E-state index is 0.146. The molecule has 0 saturated carbocycles. The van der Waals surface area contributed by atoms with Gasteiger partial charge in [-0.3, -0.25) is 4.90 Å². The smallest absolute Gasteiger partial charge is 0.371 e. The summed E-state index contributed by atoms with van der Waals surface area (Å²) in [5.74, 6) is 0. The lowest BCUT2D eigenvalue weighted by Crippen LogP contribution is -2.47. The molecule has 0 aromatic heterocycles. The van der Waals surface area contributed by atoms with Gasteiger partial charge in [0.1, 0.15) is 6.61 Å². The Hall–Kier alpha value is -0.370. The summed E-state index contributed by atoms with van der Waals surface area (Å²) in [4.78, 5) is 4.53. The molecule has 1 aliphatic rings. The highest BCUT2D eigenvalue weighted by Gasteiger charge is 2.27. The van der Waals surface area contributed by atoms with Crippen LogP contribution in [-0.4, -0.2) is 75.0 Å². The average molecular weight is 283 g/mol. The molecular formula is C12H24F3N3O. The number of alkyl halides is 3. The molecule has 1 saturated heterocycles. The standard InChI is InChI=1S/C12H24F3N3O/c13-12(14,15)11-19-10-9-18-7-5-17(6-8-18)4-2-1-3-16/h1-11,16H2. The third-order valence-corrected chi connectivity index (χ3v) is 3.21. The van der Waals surface area contributed by atoms with E-state index in [-0.39, 0.29) is 6.61 Å². The Kier molecular flexibility index (Phi) is 7.67. The van der Waals surface area contributed by atoms with Crippen molar-refractivity contribution in [3.05, 3.63) is 0 Å². The van der Waals surface area contributed by atoms with Gasteiger partial charge in [0, 0.05) is 32.7 Å². The van der Waals surface area contributed by atoms with Crippen LogP contribution in [-0.2, 0) is 4.74 Å². The van der Waals surface area contributed by atoms with Crippen LogP contribution in [0.5, 0.6) is 0 Å². The number of ether oxygens (including phenoxy) is 1. The van der Waals surface area contributed by atoms with Crippen molar-refractivity contribution in [1.82, 2.24) is 9.80 Å². The maximum absolute atomic E-state index is 11.9. The fourth-order valence-electron chi connectivity index (χ4n) is 2.10. The molecule has 7 heteroatoms. The third kappa shape index (κ3) is 8.41. The molecule has 2 N–H and O–H groups in total. The summed E-state index contributed by atoms with van der Waals surface area (Å²) in [6.07, 6.45) is -2.06. The van der Waals surface area contributed by atoms with Gasteiger partial charge < -0.3 is 15.4 Å². The number of nitrogens with two attached hydrogens (primary N) is 1. The fourth-order valence-corrected chi connectivity index (χ4v) is 2.10. The van der Waals surface area contributed by atoms with Gasteiger partial charge in [-0.05, 0) is 25.9 Å². The van der Waals surface area contributed by atoms with Crippen molar-refractivity contribution in [1.29, 1.82) is 0 Å². The van der Waals surface area contributed by atoms with Crippen LogP contribution in [0.25, 0.3) is 0 Å². The monoisotopic (exact) mass is 283 g/mol. The molecule has 0 aromatic rings. The first-order valence-corrected chi connectivity index (χ1v) is 6.80. The Bertz CT molecular complexity index is 231. The molecule has 1 fully saturated rings. The predicted molar refractivity (Wildman–Crippen MR) is 68.0 cm³/mol. The van der Waals surface area contributed by atoms with Crippen LogP contribution in [0.1, 0.15) is 12.8 Å². The number of hydrogen-bond acceptors (Lipinski definition) is 4. The molecule has 0 spiro atoms. The summed E-state index contributed by atoms with van der Waals surface area (Å²) in [5.41, 5.74) is 5.44. The van der Waals surface area contributed by atoms with Crippen LogP contribution in [0.3, 0.4) is 0 Å². The zero-order valence-corrected chi connectivity index (χ0v) is 11.3. The number of rotatable bonds is 8. The van der Waals surface area contributed by atoms with Gasteiger partial charge in [-0.25, -0.2) is 0 Å². The quantitative estimate of drug-likeness (QED) is 0.673. The zero-order valence-electron chi connectivity index (χ0n) is 11.3.